The third-order valence-corrected chi connectivity index (χ3v) is 6.61. The van der Waals surface area contributed by atoms with Gasteiger partial charge in [-0.15, -0.1) is 0 Å². The molecule has 2 aliphatic rings. The lowest BCUT2D eigenvalue weighted by molar-refractivity contribution is -0.960. The first-order chi connectivity index (χ1) is 14.7. The van der Waals surface area contributed by atoms with Crippen molar-refractivity contribution in [3.63, 3.8) is 0 Å². The largest absolute Gasteiger partial charge is 0.492 e. The zero-order chi connectivity index (χ0) is 20.8. The first-order valence-electron chi connectivity index (χ1n) is 11.4. The number of hydrogen-bond acceptors (Lipinski definition) is 2. The molecule has 2 aliphatic heterocycles. The minimum atomic E-state index is -0.127. The number of carbonyl (C=O) groups is 1. The summed E-state index contributed by atoms with van der Waals surface area (Å²) in [6.07, 6.45) is 7.14. The van der Waals surface area contributed by atoms with Gasteiger partial charge in [-0.05, 0) is 43.9 Å². The van der Waals surface area contributed by atoms with Crippen molar-refractivity contribution in [2.75, 3.05) is 18.5 Å². The van der Waals surface area contributed by atoms with E-state index in [2.05, 4.69) is 41.0 Å². The second-order valence-electron chi connectivity index (χ2n) is 8.58. The maximum Gasteiger partial charge on any atom is 0.319 e. The topological polar surface area (TPSA) is 54.8 Å². The summed E-state index contributed by atoms with van der Waals surface area (Å²) in [6, 6.07) is 19.8. The zero-order valence-electron chi connectivity index (χ0n) is 17.9. The number of carbonyl (C=O) groups excluding carboxylic acids is 1. The van der Waals surface area contributed by atoms with Crippen molar-refractivity contribution in [2.24, 2.45) is 0 Å². The van der Waals surface area contributed by atoms with Crippen molar-refractivity contribution in [1.29, 1.82) is 0 Å². The van der Waals surface area contributed by atoms with Crippen LogP contribution in [0.5, 0.6) is 5.75 Å². The Balaban J connectivity index is 1.32. The highest BCUT2D eigenvalue weighted by atomic mass is 16.5. The van der Waals surface area contributed by atoms with Gasteiger partial charge in [0.1, 0.15) is 5.75 Å². The van der Waals surface area contributed by atoms with E-state index in [0.29, 0.717) is 24.4 Å². The maximum absolute atomic E-state index is 12.7. The number of benzene rings is 2. The van der Waals surface area contributed by atoms with E-state index in [1.165, 1.54) is 31.4 Å². The summed E-state index contributed by atoms with van der Waals surface area (Å²) in [7, 11) is 0. The zero-order valence-corrected chi connectivity index (χ0v) is 17.9. The van der Waals surface area contributed by atoms with E-state index < -0.39 is 0 Å². The molecule has 5 nitrogen and oxygen atoms in total. The van der Waals surface area contributed by atoms with Crippen LogP contribution in [0.25, 0.3) is 0 Å². The second kappa shape index (κ2) is 9.98. The summed E-state index contributed by atoms with van der Waals surface area (Å²) in [5.41, 5.74) is 2.15. The van der Waals surface area contributed by atoms with Gasteiger partial charge in [0.15, 0.2) is 0 Å². The van der Waals surface area contributed by atoms with E-state index in [-0.39, 0.29) is 12.1 Å². The highest BCUT2D eigenvalue weighted by Gasteiger charge is 2.41. The molecule has 2 unspecified atom stereocenters. The highest BCUT2D eigenvalue weighted by molar-refractivity contribution is 5.91. The molecule has 5 heteroatoms. The number of urea groups is 1. The summed E-state index contributed by atoms with van der Waals surface area (Å²) >= 11 is 0. The molecule has 2 amide bonds. The molecule has 2 saturated heterocycles. The van der Waals surface area contributed by atoms with Crippen molar-refractivity contribution < 1.29 is 14.4 Å². The van der Waals surface area contributed by atoms with Crippen LogP contribution in [0, 0.1) is 0 Å². The molecule has 4 atom stereocenters. The summed E-state index contributed by atoms with van der Waals surface area (Å²) in [5.74, 6) is 0.715. The van der Waals surface area contributed by atoms with Gasteiger partial charge in [-0.1, -0.05) is 42.5 Å². The number of hydrogen-bond donors (Lipinski definition) is 3. The van der Waals surface area contributed by atoms with Crippen LogP contribution in [0.4, 0.5) is 10.5 Å². The Morgan fingerprint density at radius 3 is 2.47 bits per heavy atom. The van der Waals surface area contributed by atoms with Crippen molar-refractivity contribution in [1.82, 2.24) is 5.32 Å². The summed E-state index contributed by atoms with van der Waals surface area (Å²) < 4.78 is 5.62. The third kappa shape index (κ3) is 5.14. The molecule has 0 saturated carbocycles. The first kappa shape index (κ1) is 20.7. The lowest BCUT2D eigenvalue weighted by Crippen LogP contribution is -3.21. The number of anilines is 1. The van der Waals surface area contributed by atoms with Crippen LogP contribution in [-0.4, -0.2) is 37.3 Å². The second-order valence-corrected chi connectivity index (χ2v) is 8.58. The number of rotatable bonds is 7. The lowest BCUT2D eigenvalue weighted by Gasteiger charge is -2.46. The van der Waals surface area contributed by atoms with Gasteiger partial charge >= 0.3 is 6.03 Å². The van der Waals surface area contributed by atoms with Gasteiger partial charge in [-0.3, -0.25) is 0 Å². The average molecular weight is 409 g/mol. The fourth-order valence-corrected chi connectivity index (χ4v) is 5.29. The minimum absolute atomic E-state index is 0.127. The summed E-state index contributed by atoms with van der Waals surface area (Å²) in [6.45, 7) is 3.72. The number of amides is 2. The van der Waals surface area contributed by atoms with Gasteiger partial charge in [0.25, 0.3) is 0 Å². The van der Waals surface area contributed by atoms with E-state index >= 15 is 0 Å². The molecule has 3 N–H and O–H groups in total. The Hall–Kier alpha value is -2.53. The fourth-order valence-electron chi connectivity index (χ4n) is 5.29. The predicted molar refractivity (Wildman–Crippen MR) is 120 cm³/mol. The number of quaternary nitrogens is 1. The standard InChI is InChI=1S/C25H33N3O2/c1-2-30-24-14-7-6-13-23(24)27-25(29)26-20-17-21-11-8-12-22(18-20)28(21)16-15-19-9-4-3-5-10-19/h3-7,9-10,13-14,20-22H,2,8,11-12,15-18H2,1H3,(H2,26,27,29)/p+1/t20?,21-,22+. The average Bonchev–Trinajstić information content (AvgIpc) is 2.74. The van der Waals surface area contributed by atoms with Gasteiger partial charge in [-0.25, -0.2) is 4.79 Å². The molecule has 2 bridgehead atoms. The van der Waals surface area contributed by atoms with Crippen LogP contribution in [0.1, 0.15) is 44.6 Å². The van der Waals surface area contributed by atoms with Crippen LogP contribution in [0.3, 0.4) is 0 Å². The third-order valence-electron chi connectivity index (χ3n) is 6.61. The molecule has 160 valence electrons. The Morgan fingerprint density at radius 2 is 1.73 bits per heavy atom. The Morgan fingerprint density at radius 1 is 1.03 bits per heavy atom. The molecule has 30 heavy (non-hydrogen) atoms. The van der Waals surface area contributed by atoms with Gasteiger partial charge in [0, 0.05) is 25.3 Å². The van der Waals surface area contributed by atoms with Crippen LogP contribution < -0.4 is 20.3 Å². The number of para-hydroxylation sites is 2. The van der Waals surface area contributed by atoms with Crippen molar-refractivity contribution in [3.05, 3.63) is 60.2 Å². The maximum atomic E-state index is 12.7. The molecular weight excluding hydrogens is 374 g/mol. The minimum Gasteiger partial charge on any atom is -0.492 e. The highest BCUT2D eigenvalue weighted by Crippen LogP contribution is 2.25. The Labute approximate surface area is 179 Å². The van der Waals surface area contributed by atoms with Gasteiger partial charge in [-0.2, -0.15) is 0 Å². The Kier molecular flexibility index (Phi) is 6.90. The molecule has 0 aliphatic carbocycles. The molecule has 0 aromatic heterocycles. The Bertz CT molecular complexity index is 812. The SMILES string of the molecule is CCOc1ccccc1NC(=O)NC1C[C@H]2CCC[C@@H](C1)[NH+]2CCc1ccccc1. The smallest absolute Gasteiger partial charge is 0.319 e. The van der Waals surface area contributed by atoms with Gasteiger partial charge in [0.2, 0.25) is 0 Å². The number of ether oxygens (including phenoxy) is 1. The molecule has 0 spiro atoms. The number of nitrogens with one attached hydrogen (secondary N) is 3. The van der Waals surface area contributed by atoms with Gasteiger partial charge < -0.3 is 20.3 Å². The molecule has 2 aromatic rings. The molecule has 0 radical (unpaired) electrons. The van der Waals surface area contributed by atoms with Crippen LogP contribution in [0.2, 0.25) is 0 Å². The van der Waals surface area contributed by atoms with E-state index in [1.54, 1.807) is 4.90 Å². The molecule has 4 rings (SSSR count). The van der Waals surface area contributed by atoms with Crippen molar-refractivity contribution in [2.45, 2.75) is 63.6 Å². The van der Waals surface area contributed by atoms with E-state index in [9.17, 15) is 4.79 Å². The van der Waals surface area contributed by atoms with Crippen LogP contribution >= 0.6 is 0 Å². The molecule has 2 aromatic carbocycles. The predicted octanol–water partition coefficient (Wildman–Crippen LogP) is 3.42. The summed E-state index contributed by atoms with van der Waals surface area (Å²) in [5, 5.41) is 6.23. The van der Waals surface area contributed by atoms with Crippen LogP contribution in [0.15, 0.2) is 54.6 Å². The number of fused-ring (bicyclic) bond motifs is 2. The molecule has 2 fully saturated rings. The lowest BCUT2D eigenvalue weighted by atomic mass is 9.81. The molecule has 2 heterocycles. The van der Waals surface area contributed by atoms with E-state index in [4.69, 9.17) is 4.74 Å². The number of piperidine rings is 2. The normalized spacial score (nSPS) is 25.4. The van der Waals surface area contributed by atoms with Crippen molar-refractivity contribution in [3.8, 4) is 5.75 Å². The monoisotopic (exact) mass is 408 g/mol. The first-order valence-corrected chi connectivity index (χ1v) is 11.4. The summed E-state index contributed by atoms with van der Waals surface area (Å²) in [4.78, 5) is 14.4. The van der Waals surface area contributed by atoms with Gasteiger partial charge in [0.05, 0.1) is 30.9 Å². The fraction of sp³-hybridized carbons (Fsp3) is 0.480. The van der Waals surface area contributed by atoms with E-state index in [1.807, 2.05) is 31.2 Å². The quantitative estimate of drug-likeness (QED) is 0.658. The van der Waals surface area contributed by atoms with E-state index in [0.717, 1.165) is 24.9 Å². The van der Waals surface area contributed by atoms with Crippen molar-refractivity contribution >= 4 is 11.7 Å². The van der Waals surface area contributed by atoms with Crippen LogP contribution in [-0.2, 0) is 6.42 Å². The molecular formula is C25H34N3O2+.